The van der Waals surface area contributed by atoms with E-state index in [-0.39, 0.29) is 0 Å². The molecule has 0 amide bonds. The van der Waals surface area contributed by atoms with Crippen molar-refractivity contribution >= 4 is 27.5 Å². The second kappa shape index (κ2) is 5.11. The average Bonchev–Trinajstić information content (AvgIpc) is 2.89. The molecule has 1 aromatic heterocycles. The molecule has 0 aliphatic carbocycles. The molecule has 0 unspecified atom stereocenters. The van der Waals surface area contributed by atoms with E-state index in [0.29, 0.717) is 10.8 Å². The van der Waals surface area contributed by atoms with Gasteiger partial charge in [0.2, 0.25) is 0 Å². The van der Waals surface area contributed by atoms with Gasteiger partial charge in [0.25, 0.3) is 0 Å². The number of benzene rings is 2. The van der Waals surface area contributed by atoms with E-state index < -0.39 is 0 Å². The highest BCUT2D eigenvalue weighted by molar-refractivity contribution is 9.10. The third-order valence-corrected chi connectivity index (χ3v) is 3.51. The van der Waals surface area contributed by atoms with Crippen molar-refractivity contribution in [2.75, 3.05) is 0 Å². The summed E-state index contributed by atoms with van der Waals surface area (Å²) < 4.78 is 2.51. The molecule has 0 bridgehead atoms. The molecule has 0 fully saturated rings. The van der Waals surface area contributed by atoms with E-state index in [2.05, 4.69) is 31.5 Å². The van der Waals surface area contributed by atoms with Crippen molar-refractivity contribution in [3.8, 4) is 17.1 Å². The molecule has 0 aliphatic rings. The highest BCUT2D eigenvalue weighted by atomic mass is 79.9. The molecule has 0 saturated carbocycles. The van der Waals surface area contributed by atoms with Gasteiger partial charge in [-0.2, -0.15) is 4.68 Å². The van der Waals surface area contributed by atoms with Crippen LogP contribution in [0.1, 0.15) is 0 Å². The molecular weight excluding hydrogens is 328 g/mol. The number of rotatable bonds is 2. The quantitative estimate of drug-likeness (QED) is 0.716. The van der Waals surface area contributed by atoms with Crippen LogP contribution in [0.4, 0.5) is 0 Å². The minimum absolute atomic E-state index is 0.657. The van der Waals surface area contributed by atoms with Crippen molar-refractivity contribution in [2.24, 2.45) is 0 Å². The van der Waals surface area contributed by atoms with Gasteiger partial charge in [-0.25, -0.2) is 0 Å². The molecule has 6 heteroatoms. The second-order valence-corrected chi connectivity index (χ2v) is 5.17. The van der Waals surface area contributed by atoms with Gasteiger partial charge >= 0.3 is 0 Å². The van der Waals surface area contributed by atoms with Crippen LogP contribution in [0.15, 0.2) is 53.0 Å². The van der Waals surface area contributed by atoms with E-state index in [4.69, 9.17) is 11.6 Å². The summed E-state index contributed by atoms with van der Waals surface area (Å²) in [7, 11) is 0. The Balaban J connectivity index is 2.15. The molecule has 4 nitrogen and oxygen atoms in total. The molecule has 94 valence electrons. The Labute approximate surface area is 123 Å². The fourth-order valence-electron chi connectivity index (χ4n) is 1.77. The van der Waals surface area contributed by atoms with Crippen molar-refractivity contribution in [1.29, 1.82) is 0 Å². The summed E-state index contributed by atoms with van der Waals surface area (Å²) in [6, 6.07) is 15.3. The Morgan fingerprint density at radius 1 is 1.05 bits per heavy atom. The number of aromatic nitrogens is 4. The molecule has 2 aromatic carbocycles. The van der Waals surface area contributed by atoms with Gasteiger partial charge < -0.3 is 0 Å². The average molecular weight is 336 g/mol. The van der Waals surface area contributed by atoms with Gasteiger partial charge in [0.1, 0.15) is 0 Å². The topological polar surface area (TPSA) is 43.6 Å². The summed E-state index contributed by atoms with van der Waals surface area (Å²) in [5.41, 5.74) is 1.79. The van der Waals surface area contributed by atoms with Gasteiger partial charge in [-0.15, -0.1) is 5.10 Å². The monoisotopic (exact) mass is 334 g/mol. The molecule has 3 rings (SSSR count). The van der Waals surface area contributed by atoms with Crippen LogP contribution in [-0.4, -0.2) is 20.2 Å². The Bertz CT molecular complexity index is 712. The van der Waals surface area contributed by atoms with Crippen molar-refractivity contribution in [2.45, 2.75) is 0 Å². The van der Waals surface area contributed by atoms with Gasteiger partial charge in [0.05, 0.1) is 5.69 Å². The third-order valence-electron chi connectivity index (χ3n) is 2.64. The Morgan fingerprint density at radius 2 is 1.84 bits per heavy atom. The molecular formula is C13H8BrClN4. The zero-order valence-electron chi connectivity index (χ0n) is 9.66. The summed E-state index contributed by atoms with van der Waals surface area (Å²) >= 11 is 9.42. The normalized spacial score (nSPS) is 10.6. The number of nitrogens with zero attached hydrogens (tertiary/aromatic N) is 4. The van der Waals surface area contributed by atoms with Crippen molar-refractivity contribution in [3.05, 3.63) is 58.0 Å². The molecule has 0 atom stereocenters. The smallest absolute Gasteiger partial charge is 0.187 e. The molecule has 0 spiro atoms. The molecule has 0 saturated heterocycles. The standard InChI is InChI=1S/C13H8BrClN4/c14-11-8-10(15)6-7-12(11)19-13(16-17-18-19)9-4-2-1-3-5-9/h1-8H. The maximum atomic E-state index is 5.94. The number of hydrogen-bond acceptors (Lipinski definition) is 3. The fourth-order valence-corrected chi connectivity index (χ4v) is 2.62. The highest BCUT2D eigenvalue weighted by Crippen LogP contribution is 2.27. The molecule has 0 radical (unpaired) electrons. The van der Waals surface area contributed by atoms with E-state index in [1.807, 2.05) is 42.5 Å². The first-order valence-corrected chi connectivity index (χ1v) is 6.72. The van der Waals surface area contributed by atoms with Crippen LogP contribution in [0.25, 0.3) is 17.1 Å². The maximum Gasteiger partial charge on any atom is 0.187 e. The summed E-state index contributed by atoms with van der Waals surface area (Å²) in [6.45, 7) is 0. The zero-order valence-corrected chi connectivity index (χ0v) is 12.0. The maximum absolute atomic E-state index is 5.94. The van der Waals surface area contributed by atoms with Crippen LogP contribution in [0.2, 0.25) is 5.02 Å². The summed E-state index contributed by atoms with van der Waals surface area (Å²) in [6.07, 6.45) is 0. The van der Waals surface area contributed by atoms with Gasteiger partial charge in [-0.1, -0.05) is 41.9 Å². The second-order valence-electron chi connectivity index (χ2n) is 3.88. The lowest BCUT2D eigenvalue weighted by molar-refractivity contribution is 0.789. The van der Waals surface area contributed by atoms with Crippen LogP contribution in [0.5, 0.6) is 0 Å². The van der Waals surface area contributed by atoms with Crippen LogP contribution >= 0.6 is 27.5 Å². The third kappa shape index (κ3) is 2.39. The zero-order chi connectivity index (χ0) is 13.2. The van der Waals surface area contributed by atoms with Crippen LogP contribution < -0.4 is 0 Å². The van der Waals surface area contributed by atoms with Gasteiger partial charge in [0.15, 0.2) is 5.82 Å². The van der Waals surface area contributed by atoms with E-state index in [0.717, 1.165) is 15.7 Å². The van der Waals surface area contributed by atoms with E-state index in [1.54, 1.807) is 10.7 Å². The van der Waals surface area contributed by atoms with Gasteiger partial charge in [-0.05, 0) is 44.6 Å². The molecule has 0 aliphatic heterocycles. The Hall–Kier alpha value is -1.72. The molecule has 1 heterocycles. The van der Waals surface area contributed by atoms with E-state index in [1.165, 1.54) is 0 Å². The Morgan fingerprint density at radius 3 is 2.58 bits per heavy atom. The van der Waals surface area contributed by atoms with Gasteiger partial charge in [0, 0.05) is 15.1 Å². The van der Waals surface area contributed by atoms with Crippen LogP contribution in [0.3, 0.4) is 0 Å². The Kier molecular flexibility index (Phi) is 3.31. The number of halogens is 2. The lowest BCUT2D eigenvalue weighted by Gasteiger charge is -2.07. The first kappa shape index (κ1) is 12.3. The van der Waals surface area contributed by atoms with Crippen LogP contribution in [-0.2, 0) is 0 Å². The first-order chi connectivity index (χ1) is 9.25. The first-order valence-electron chi connectivity index (χ1n) is 5.55. The molecule has 3 aromatic rings. The van der Waals surface area contributed by atoms with E-state index >= 15 is 0 Å². The van der Waals surface area contributed by atoms with Crippen LogP contribution in [0, 0.1) is 0 Å². The van der Waals surface area contributed by atoms with Crippen molar-refractivity contribution in [3.63, 3.8) is 0 Å². The SMILES string of the molecule is Clc1ccc(-n2nnnc2-c2ccccc2)c(Br)c1. The minimum atomic E-state index is 0.657. The predicted octanol–water partition coefficient (Wildman–Crippen LogP) is 3.75. The van der Waals surface area contributed by atoms with Gasteiger partial charge in [-0.3, -0.25) is 0 Å². The van der Waals surface area contributed by atoms with Crippen molar-refractivity contribution in [1.82, 2.24) is 20.2 Å². The van der Waals surface area contributed by atoms with Crippen molar-refractivity contribution < 1.29 is 0 Å². The number of tetrazole rings is 1. The molecule has 19 heavy (non-hydrogen) atoms. The summed E-state index contributed by atoms with van der Waals surface area (Å²) in [5.74, 6) is 0.684. The lowest BCUT2D eigenvalue weighted by Crippen LogP contribution is -2.00. The summed E-state index contributed by atoms with van der Waals surface area (Å²) in [4.78, 5) is 0. The fraction of sp³-hybridized carbons (Fsp3) is 0. The minimum Gasteiger partial charge on any atom is -0.192 e. The lowest BCUT2D eigenvalue weighted by atomic mass is 10.2. The van der Waals surface area contributed by atoms with E-state index in [9.17, 15) is 0 Å². The number of hydrogen-bond donors (Lipinski definition) is 0. The summed E-state index contributed by atoms with van der Waals surface area (Å²) in [5, 5.41) is 12.5. The molecule has 0 N–H and O–H groups in total. The highest BCUT2D eigenvalue weighted by Gasteiger charge is 2.12. The largest absolute Gasteiger partial charge is 0.192 e. The predicted molar refractivity (Wildman–Crippen MR) is 77.3 cm³/mol.